The Balaban J connectivity index is 1.72. The number of thioether (sulfide) groups is 1. The van der Waals surface area contributed by atoms with Crippen LogP contribution in [0, 0.1) is 11.8 Å². The highest BCUT2D eigenvalue weighted by Crippen LogP contribution is 2.54. The van der Waals surface area contributed by atoms with Crippen LogP contribution in [0.3, 0.4) is 0 Å². The summed E-state index contributed by atoms with van der Waals surface area (Å²) in [6, 6.07) is 7.72. The molecule has 26 heavy (non-hydrogen) atoms. The number of carbonyl (C=O) groups is 3. The second kappa shape index (κ2) is 5.44. The number of para-hydroxylation sites is 1. The molecule has 0 radical (unpaired) electrons. The molecule has 0 N–H and O–H groups in total. The molecular formula is C19H19N3O3S. The molecule has 2 amide bonds. The summed E-state index contributed by atoms with van der Waals surface area (Å²) in [5.41, 5.74) is 1.83. The Morgan fingerprint density at radius 2 is 1.88 bits per heavy atom. The minimum Gasteiger partial charge on any atom is -0.287 e. The molecule has 4 heterocycles. The number of likely N-dealkylation sites (tertiary alicyclic amines) is 1. The van der Waals surface area contributed by atoms with Gasteiger partial charge >= 0.3 is 0 Å². The summed E-state index contributed by atoms with van der Waals surface area (Å²) in [7, 11) is 1.59. The third-order valence-electron chi connectivity index (χ3n) is 6.09. The lowest BCUT2D eigenvalue weighted by Crippen LogP contribution is -2.38. The van der Waals surface area contributed by atoms with Crippen molar-refractivity contribution in [1.82, 2.24) is 14.4 Å². The van der Waals surface area contributed by atoms with E-state index < -0.39 is 0 Å². The molecule has 1 aromatic heterocycles. The van der Waals surface area contributed by atoms with Crippen LogP contribution in [0.15, 0.2) is 30.5 Å². The fraction of sp³-hybridized carbons (Fsp3) is 0.421. The van der Waals surface area contributed by atoms with Gasteiger partial charge in [0.2, 0.25) is 17.7 Å². The second-order valence-corrected chi connectivity index (χ2v) is 8.30. The summed E-state index contributed by atoms with van der Waals surface area (Å²) >= 11 is 1.81. The van der Waals surface area contributed by atoms with E-state index in [0.717, 1.165) is 28.1 Å². The van der Waals surface area contributed by atoms with Crippen molar-refractivity contribution in [3.8, 4) is 0 Å². The number of carbonyl (C=O) groups excluding carboxylic acids is 3. The third-order valence-corrected chi connectivity index (χ3v) is 7.14. The monoisotopic (exact) mass is 369 g/mol. The van der Waals surface area contributed by atoms with E-state index in [4.69, 9.17) is 0 Å². The Kier molecular flexibility index (Phi) is 3.36. The van der Waals surface area contributed by atoms with Crippen molar-refractivity contribution < 1.29 is 14.4 Å². The summed E-state index contributed by atoms with van der Waals surface area (Å²) in [6.07, 6.45) is 1.87. The molecule has 0 spiro atoms. The topological polar surface area (TPSA) is 62.6 Å². The molecule has 0 saturated carbocycles. The fourth-order valence-electron chi connectivity index (χ4n) is 4.95. The van der Waals surface area contributed by atoms with E-state index in [1.54, 1.807) is 30.3 Å². The van der Waals surface area contributed by atoms with Gasteiger partial charge in [0.1, 0.15) is 0 Å². The van der Waals surface area contributed by atoms with Gasteiger partial charge in [-0.05, 0) is 11.6 Å². The molecule has 3 saturated heterocycles. The van der Waals surface area contributed by atoms with Gasteiger partial charge in [-0.2, -0.15) is 0 Å². The Morgan fingerprint density at radius 3 is 2.65 bits per heavy atom. The molecule has 0 unspecified atom stereocenters. The number of benzene rings is 1. The fourth-order valence-corrected chi connectivity index (χ4v) is 6.25. The van der Waals surface area contributed by atoms with E-state index in [-0.39, 0.29) is 41.6 Å². The highest BCUT2D eigenvalue weighted by Gasteiger charge is 2.62. The highest BCUT2D eigenvalue weighted by atomic mass is 32.2. The van der Waals surface area contributed by atoms with Gasteiger partial charge in [-0.3, -0.25) is 28.8 Å². The zero-order valence-electron chi connectivity index (χ0n) is 14.6. The van der Waals surface area contributed by atoms with Crippen LogP contribution in [-0.2, 0) is 9.59 Å². The smallest absolute Gasteiger partial charge is 0.234 e. The minimum atomic E-state index is -0.357. The molecular weight excluding hydrogens is 350 g/mol. The van der Waals surface area contributed by atoms with Crippen molar-refractivity contribution in [3.63, 3.8) is 0 Å². The van der Waals surface area contributed by atoms with E-state index in [2.05, 4.69) is 4.90 Å². The lowest BCUT2D eigenvalue weighted by Gasteiger charge is -2.26. The number of hydrogen-bond donors (Lipinski definition) is 0. The largest absolute Gasteiger partial charge is 0.287 e. The maximum Gasteiger partial charge on any atom is 0.234 e. The number of aromatic nitrogens is 1. The van der Waals surface area contributed by atoms with E-state index in [1.165, 1.54) is 4.90 Å². The molecule has 6 nitrogen and oxygen atoms in total. The normalized spacial score (nSPS) is 31.1. The van der Waals surface area contributed by atoms with E-state index in [1.807, 2.05) is 30.5 Å². The van der Waals surface area contributed by atoms with Crippen LogP contribution in [0.4, 0.5) is 0 Å². The van der Waals surface area contributed by atoms with Crippen LogP contribution in [0.2, 0.25) is 0 Å². The van der Waals surface area contributed by atoms with E-state index in [0.29, 0.717) is 0 Å². The van der Waals surface area contributed by atoms with Crippen LogP contribution in [0.25, 0.3) is 10.9 Å². The second-order valence-electron chi connectivity index (χ2n) is 7.30. The predicted octanol–water partition coefficient (Wildman–Crippen LogP) is 1.96. The SMILES string of the molecule is CC(=O)n1cc([C@H]2[C@@H]3C(=O)N(C)C(=O)[C@@H]3[C@H]3CSCN32)c2ccccc21. The summed E-state index contributed by atoms with van der Waals surface area (Å²) in [5, 5.41) is 0.985. The molecule has 134 valence electrons. The Morgan fingerprint density at radius 1 is 1.15 bits per heavy atom. The first-order chi connectivity index (χ1) is 12.5. The number of nitrogens with zero attached hydrogens (tertiary/aromatic N) is 3. The molecule has 3 fully saturated rings. The molecule has 4 atom stereocenters. The Hall–Kier alpha value is -2.12. The molecule has 0 bridgehead atoms. The molecule has 7 heteroatoms. The summed E-state index contributed by atoms with van der Waals surface area (Å²) in [4.78, 5) is 41.3. The van der Waals surface area contributed by atoms with Crippen LogP contribution in [0.5, 0.6) is 0 Å². The minimum absolute atomic E-state index is 0.0553. The van der Waals surface area contributed by atoms with Crippen molar-refractivity contribution in [2.45, 2.75) is 19.0 Å². The van der Waals surface area contributed by atoms with Crippen molar-refractivity contribution in [1.29, 1.82) is 0 Å². The van der Waals surface area contributed by atoms with Gasteiger partial charge < -0.3 is 0 Å². The van der Waals surface area contributed by atoms with Crippen LogP contribution in [0.1, 0.15) is 23.3 Å². The maximum absolute atomic E-state index is 12.9. The van der Waals surface area contributed by atoms with Gasteiger partial charge in [0.05, 0.1) is 23.4 Å². The molecule has 3 aliphatic heterocycles. The van der Waals surface area contributed by atoms with Crippen LogP contribution < -0.4 is 0 Å². The van der Waals surface area contributed by atoms with Crippen molar-refractivity contribution in [3.05, 3.63) is 36.0 Å². The standard InChI is InChI=1S/C19H19N3O3S/c1-10(23)21-7-12(11-5-3-4-6-13(11)21)17-16-15(14-8-26-9-22(14)17)18(24)20(2)19(16)25/h3-7,14-17H,8-9H2,1-2H3/t14-,15-,16-,17+/m1/s1. The number of amides is 2. The van der Waals surface area contributed by atoms with Gasteiger partial charge in [-0.25, -0.2) is 0 Å². The van der Waals surface area contributed by atoms with Crippen molar-refractivity contribution in [2.24, 2.45) is 11.8 Å². The summed E-state index contributed by atoms with van der Waals surface area (Å²) < 4.78 is 1.65. The lowest BCUT2D eigenvalue weighted by atomic mass is 9.86. The molecule has 2 aromatic rings. The average Bonchev–Trinajstić information content (AvgIpc) is 3.34. The quantitative estimate of drug-likeness (QED) is 0.719. The van der Waals surface area contributed by atoms with Gasteiger partial charge in [0.25, 0.3) is 0 Å². The number of hydrogen-bond acceptors (Lipinski definition) is 5. The van der Waals surface area contributed by atoms with Gasteiger partial charge in [-0.1, -0.05) is 18.2 Å². The molecule has 3 aliphatic rings. The predicted molar refractivity (Wildman–Crippen MR) is 98.7 cm³/mol. The third kappa shape index (κ3) is 1.90. The summed E-state index contributed by atoms with van der Waals surface area (Å²) in [6.45, 7) is 1.54. The first-order valence-electron chi connectivity index (χ1n) is 8.76. The van der Waals surface area contributed by atoms with Gasteiger partial charge in [-0.15, -0.1) is 11.8 Å². The van der Waals surface area contributed by atoms with Crippen molar-refractivity contribution in [2.75, 3.05) is 18.7 Å². The maximum atomic E-state index is 12.9. The molecule has 5 rings (SSSR count). The van der Waals surface area contributed by atoms with E-state index in [9.17, 15) is 14.4 Å². The molecule has 0 aliphatic carbocycles. The lowest BCUT2D eigenvalue weighted by molar-refractivity contribution is -0.139. The Labute approximate surface area is 155 Å². The first-order valence-corrected chi connectivity index (χ1v) is 9.92. The molecule has 1 aromatic carbocycles. The number of imide groups is 1. The summed E-state index contributed by atoms with van der Waals surface area (Å²) in [5.74, 6) is 0.846. The van der Waals surface area contributed by atoms with E-state index >= 15 is 0 Å². The van der Waals surface area contributed by atoms with Gasteiger partial charge in [0.15, 0.2) is 0 Å². The number of fused-ring (bicyclic) bond motifs is 4. The highest BCUT2D eigenvalue weighted by molar-refractivity contribution is 7.99. The van der Waals surface area contributed by atoms with Crippen molar-refractivity contribution >= 4 is 40.4 Å². The first kappa shape index (κ1) is 16.1. The number of rotatable bonds is 1. The Bertz CT molecular complexity index is 968. The van der Waals surface area contributed by atoms with Crippen LogP contribution in [-0.4, -0.2) is 56.8 Å². The zero-order chi connectivity index (χ0) is 18.2. The van der Waals surface area contributed by atoms with Gasteiger partial charge in [0, 0.05) is 43.2 Å². The average molecular weight is 369 g/mol. The van der Waals surface area contributed by atoms with Crippen LogP contribution >= 0.6 is 11.8 Å². The zero-order valence-corrected chi connectivity index (χ0v) is 15.4.